The second-order valence-electron chi connectivity index (χ2n) is 7.54. The largest absolute Gasteiger partial charge is 0.480 e. The summed E-state index contributed by atoms with van der Waals surface area (Å²) in [6.45, 7) is 2.23. The smallest absolute Gasteiger partial charge is 0.327 e. The monoisotopic (exact) mass is 433 g/mol. The number of carboxylic acids is 1. The molecule has 8 heteroatoms. The van der Waals surface area contributed by atoms with Crippen molar-refractivity contribution in [2.75, 3.05) is 5.75 Å². The van der Waals surface area contributed by atoms with E-state index in [0.29, 0.717) is 6.42 Å². The predicted molar refractivity (Wildman–Crippen MR) is 115 cm³/mol. The van der Waals surface area contributed by atoms with E-state index in [-0.39, 0.29) is 6.42 Å². The summed E-state index contributed by atoms with van der Waals surface area (Å²) in [4.78, 5) is 22.6. The minimum Gasteiger partial charge on any atom is -0.480 e. The first kappa shape index (κ1) is 27.6. The first-order valence-electron chi connectivity index (χ1n) is 10.9. The highest BCUT2D eigenvalue weighted by Crippen LogP contribution is 2.10. The molecule has 0 aromatic rings. The van der Waals surface area contributed by atoms with Crippen LogP contribution in [0.4, 0.5) is 0 Å². The van der Waals surface area contributed by atoms with Gasteiger partial charge in [-0.3, -0.25) is 9.35 Å². The van der Waals surface area contributed by atoms with Crippen LogP contribution in [0.15, 0.2) is 12.2 Å². The van der Waals surface area contributed by atoms with Crippen LogP contribution in [0.1, 0.15) is 96.8 Å². The normalized spacial score (nSPS) is 12.9. The number of unbranched alkanes of at least 4 members (excludes halogenated alkanes) is 11. The number of hydrogen-bond acceptors (Lipinski definition) is 4. The molecule has 0 rings (SSSR count). The van der Waals surface area contributed by atoms with Crippen LogP contribution in [0.5, 0.6) is 0 Å². The van der Waals surface area contributed by atoms with Crippen molar-refractivity contribution < 1.29 is 27.7 Å². The molecule has 0 fully saturated rings. The van der Waals surface area contributed by atoms with Gasteiger partial charge in [0, 0.05) is 6.42 Å². The average Bonchev–Trinajstić information content (AvgIpc) is 2.63. The first-order chi connectivity index (χ1) is 13.8. The van der Waals surface area contributed by atoms with Gasteiger partial charge in [-0.15, -0.1) is 0 Å². The number of aliphatic carboxylic acids is 1. The second-order valence-corrected chi connectivity index (χ2v) is 9.04. The third kappa shape index (κ3) is 19.7. The van der Waals surface area contributed by atoms with Crippen LogP contribution < -0.4 is 5.32 Å². The van der Waals surface area contributed by atoms with Crippen LogP contribution in [0.2, 0.25) is 0 Å². The zero-order valence-corrected chi connectivity index (χ0v) is 18.6. The maximum atomic E-state index is 11.7. The van der Waals surface area contributed by atoms with Crippen molar-refractivity contribution in [3.8, 4) is 0 Å². The molecule has 29 heavy (non-hydrogen) atoms. The van der Waals surface area contributed by atoms with E-state index in [0.717, 1.165) is 38.5 Å². The predicted octanol–water partition coefficient (Wildman–Crippen LogP) is 4.48. The molecule has 0 aromatic carbocycles. The van der Waals surface area contributed by atoms with Crippen LogP contribution in [-0.4, -0.2) is 41.7 Å². The number of rotatable bonds is 19. The Morgan fingerprint density at radius 1 is 0.862 bits per heavy atom. The summed E-state index contributed by atoms with van der Waals surface area (Å²) in [6.07, 6.45) is 19.5. The molecule has 0 aliphatic heterocycles. The van der Waals surface area contributed by atoms with Crippen molar-refractivity contribution in [3.63, 3.8) is 0 Å². The molecule has 0 aromatic heterocycles. The number of carboxylic acid groups (broad SMARTS) is 1. The third-order valence-electron chi connectivity index (χ3n) is 4.68. The molecular formula is C21H39NO6S. The van der Waals surface area contributed by atoms with E-state index < -0.39 is 33.8 Å². The van der Waals surface area contributed by atoms with Gasteiger partial charge in [0.2, 0.25) is 5.91 Å². The van der Waals surface area contributed by atoms with Crippen LogP contribution in [-0.2, 0) is 19.7 Å². The molecule has 0 saturated heterocycles. The van der Waals surface area contributed by atoms with Crippen LogP contribution in [0.25, 0.3) is 0 Å². The number of carbonyl (C=O) groups is 2. The van der Waals surface area contributed by atoms with Gasteiger partial charge in [0.25, 0.3) is 10.1 Å². The molecule has 0 aliphatic rings. The van der Waals surface area contributed by atoms with E-state index in [4.69, 9.17) is 9.66 Å². The SMILES string of the molecule is CCCCCCCCC=CCCCCCCCC(=O)NC(CS(=O)(=O)O)C(=O)O. The van der Waals surface area contributed by atoms with Crippen LogP contribution in [0, 0.1) is 0 Å². The Balaban J connectivity index is 3.61. The van der Waals surface area contributed by atoms with E-state index in [2.05, 4.69) is 24.4 Å². The van der Waals surface area contributed by atoms with Crippen molar-refractivity contribution in [3.05, 3.63) is 12.2 Å². The molecule has 1 unspecified atom stereocenters. The number of amides is 1. The molecule has 1 atom stereocenters. The molecular weight excluding hydrogens is 394 g/mol. The van der Waals surface area contributed by atoms with Crippen LogP contribution in [0.3, 0.4) is 0 Å². The number of nitrogens with one attached hydrogen (secondary N) is 1. The second kappa shape index (κ2) is 17.4. The van der Waals surface area contributed by atoms with Gasteiger partial charge in [-0.25, -0.2) is 4.79 Å². The summed E-state index contributed by atoms with van der Waals surface area (Å²) in [5.74, 6) is -3.03. The summed E-state index contributed by atoms with van der Waals surface area (Å²) < 4.78 is 30.3. The highest BCUT2D eigenvalue weighted by atomic mass is 32.2. The molecule has 0 radical (unpaired) electrons. The first-order valence-corrected chi connectivity index (χ1v) is 12.5. The lowest BCUT2D eigenvalue weighted by Gasteiger charge is -2.12. The molecule has 0 aliphatic carbocycles. The topological polar surface area (TPSA) is 121 Å². The maximum Gasteiger partial charge on any atom is 0.327 e. The Morgan fingerprint density at radius 2 is 1.34 bits per heavy atom. The average molecular weight is 434 g/mol. The third-order valence-corrected chi connectivity index (χ3v) is 5.43. The fourth-order valence-electron chi connectivity index (χ4n) is 3.01. The van der Waals surface area contributed by atoms with E-state index in [9.17, 15) is 18.0 Å². The van der Waals surface area contributed by atoms with Crippen molar-refractivity contribution in [2.24, 2.45) is 0 Å². The zero-order valence-electron chi connectivity index (χ0n) is 17.8. The lowest BCUT2D eigenvalue weighted by atomic mass is 10.1. The van der Waals surface area contributed by atoms with Gasteiger partial charge in [0.15, 0.2) is 0 Å². The summed E-state index contributed by atoms with van der Waals surface area (Å²) in [7, 11) is -4.47. The minimum absolute atomic E-state index is 0.146. The Hall–Kier alpha value is -1.41. The van der Waals surface area contributed by atoms with Gasteiger partial charge >= 0.3 is 5.97 Å². The summed E-state index contributed by atoms with van der Waals surface area (Å²) in [5.41, 5.74) is 0. The molecule has 0 heterocycles. The van der Waals surface area contributed by atoms with E-state index in [1.165, 1.54) is 38.5 Å². The minimum atomic E-state index is -4.47. The highest BCUT2D eigenvalue weighted by Gasteiger charge is 2.25. The highest BCUT2D eigenvalue weighted by molar-refractivity contribution is 7.85. The maximum absolute atomic E-state index is 11.7. The summed E-state index contributed by atoms with van der Waals surface area (Å²) in [5, 5.41) is 11.0. The molecule has 1 amide bonds. The fraction of sp³-hybridized carbons (Fsp3) is 0.810. The zero-order chi connectivity index (χ0) is 22.0. The summed E-state index contributed by atoms with van der Waals surface area (Å²) in [6, 6.07) is -1.62. The van der Waals surface area contributed by atoms with E-state index >= 15 is 0 Å². The Bertz CT molecular complexity index is 574. The molecule has 170 valence electrons. The van der Waals surface area contributed by atoms with Gasteiger partial charge in [-0.1, -0.05) is 70.4 Å². The van der Waals surface area contributed by atoms with Crippen molar-refractivity contribution >= 4 is 22.0 Å². The van der Waals surface area contributed by atoms with E-state index in [1.54, 1.807) is 0 Å². The lowest BCUT2D eigenvalue weighted by molar-refractivity contribution is -0.141. The molecule has 0 bridgehead atoms. The van der Waals surface area contributed by atoms with Crippen molar-refractivity contribution in [2.45, 2.75) is 103 Å². The molecule has 0 spiro atoms. The lowest BCUT2D eigenvalue weighted by Crippen LogP contribution is -2.45. The number of carbonyl (C=O) groups excluding carboxylic acids is 1. The Labute approximate surface area is 176 Å². The molecule has 0 saturated carbocycles. The Kier molecular flexibility index (Phi) is 16.6. The molecule has 3 N–H and O–H groups in total. The fourth-order valence-corrected chi connectivity index (χ4v) is 3.66. The number of allylic oxidation sites excluding steroid dienone is 2. The standard InChI is InChI=1S/C21H39NO6S/c1-2-3-4-5-6-7-8-9-10-11-12-13-14-15-16-17-20(23)22-19(21(24)25)18-29(26,27)28/h9-10,19H,2-8,11-18H2,1H3,(H,22,23)(H,24,25)(H,26,27,28). The van der Waals surface area contributed by atoms with E-state index in [1.807, 2.05) is 0 Å². The van der Waals surface area contributed by atoms with Crippen molar-refractivity contribution in [1.82, 2.24) is 5.32 Å². The van der Waals surface area contributed by atoms with Gasteiger partial charge in [0.05, 0.1) is 0 Å². The quantitative estimate of drug-likeness (QED) is 0.157. The van der Waals surface area contributed by atoms with Gasteiger partial charge in [-0.2, -0.15) is 8.42 Å². The Morgan fingerprint density at radius 3 is 1.83 bits per heavy atom. The van der Waals surface area contributed by atoms with Gasteiger partial charge in [-0.05, 0) is 32.1 Å². The van der Waals surface area contributed by atoms with Gasteiger partial charge < -0.3 is 10.4 Å². The summed E-state index contributed by atoms with van der Waals surface area (Å²) >= 11 is 0. The molecule has 7 nitrogen and oxygen atoms in total. The van der Waals surface area contributed by atoms with Crippen molar-refractivity contribution in [1.29, 1.82) is 0 Å². The van der Waals surface area contributed by atoms with Gasteiger partial charge in [0.1, 0.15) is 11.8 Å². The van der Waals surface area contributed by atoms with Crippen LogP contribution >= 0.6 is 0 Å². The number of hydrogen-bond donors (Lipinski definition) is 3.